The second kappa shape index (κ2) is 5.19. The van der Waals surface area contributed by atoms with E-state index in [9.17, 15) is 9.90 Å². The first kappa shape index (κ1) is 11.9. The van der Waals surface area contributed by atoms with Crippen molar-refractivity contribution in [1.29, 1.82) is 0 Å². The van der Waals surface area contributed by atoms with Gasteiger partial charge in [0.25, 0.3) is 5.91 Å². The Kier molecular flexibility index (Phi) is 3.64. The number of carbonyl (C=O) groups excluding carboxylic acids is 1. The van der Waals surface area contributed by atoms with E-state index >= 15 is 0 Å². The quantitative estimate of drug-likeness (QED) is 0.736. The van der Waals surface area contributed by atoms with Gasteiger partial charge in [0.2, 0.25) is 0 Å². The van der Waals surface area contributed by atoms with E-state index in [2.05, 4.69) is 10.6 Å². The Bertz CT molecular complexity index is 412. The maximum absolute atomic E-state index is 11.9. The van der Waals surface area contributed by atoms with Crippen molar-refractivity contribution in [2.24, 2.45) is 0 Å². The number of aromatic hydroxyl groups is 1. The fourth-order valence-electron chi connectivity index (χ4n) is 2.14. The summed E-state index contributed by atoms with van der Waals surface area (Å²) in [4.78, 5) is 11.9. The average Bonchev–Trinajstić information content (AvgIpc) is 2.78. The summed E-state index contributed by atoms with van der Waals surface area (Å²) in [6, 6.07) is 5.19. The summed E-state index contributed by atoms with van der Waals surface area (Å²) in [7, 11) is 0. The van der Waals surface area contributed by atoms with Crippen LogP contribution in [0.4, 0.5) is 0 Å². The van der Waals surface area contributed by atoms with Crippen molar-refractivity contribution in [1.82, 2.24) is 10.6 Å². The van der Waals surface area contributed by atoms with Crippen molar-refractivity contribution in [3.8, 4) is 5.75 Å². The van der Waals surface area contributed by atoms with E-state index in [0.717, 1.165) is 18.5 Å². The molecule has 2 rings (SSSR count). The molecule has 1 amide bonds. The van der Waals surface area contributed by atoms with Gasteiger partial charge in [-0.05, 0) is 50.1 Å². The van der Waals surface area contributed by atoms with E-state index in [4.69, 9.17) is 0 Å². The molecule has 1 atom stereocenters. The molecule has 4 heteroatoms. The largest absolute Gasteiger partial charge is 0.508 e. The van der Waals surface area contributed by atoms with Gasteiger partial charge in [-0.2, -0.15) is 0 Å². The predicted octanol–water partition coefficient (Wildman–Crippen LogP) is 1.18. The molecule has 4 nitrogen and oxygen atoms in total. The summed E-state index contributed by atoms with van der Waals surface area (Å²) in [5.41, 5.74) is 1.42. The molecule has 92 valence electrons. The van der Waals surface area contributed by atoms with Gasteiger partial charge in [0, 0.05) is 18.2 Å². The SMILES string of the molecule is Cc1cc(O)ccc1C(=O)NCC1CCCN1. The highest BCUT2D eigenvalue weighted by Crippen LogP contribution is 2.15. The maximum Gasteiger partial charge on any atom is 0.251 e. The van der Waals surface area contributed by atoms with E-state index in [1.165, 1.54) is 12.5 Å². The van der Waals surface area contributed by atoms with Gasteiger partial charge in [-0.15, -0.1) is 0 Å². The number of phenols is 1. The van der Waals surface area contributed by atoms with E-state index in [1.807, 2.05) is 6.92 Å². The Hall–Kier alpha value is -1.55. The fraction of sp³-hybridized carbons (Fsp3) is 0.462. The van der Waals surface area contributed by atoms with Crippen molar-refractivity contribution in [3.05, 3.63) is 29.3 Å². The molecule has 1 fully saturated rings. The highest BCUT2D eigenvalue weighted by molar-refractivity contribution is 5.95. The van der Waals surface area contributed by atoms with Crippen molar-refractivity contribution >= 4 is 5.91 Å². The molecule has 0 saturated carbocycles. The van der Waals surface area contributed by atoms with Crippen molar-refractivity contribution in [2.45, 2.75) is 25.8 Å². The zero-order valence-electron chi connectivity index (χ0n) is 9.99. The van der Waals surface area contributed by atoms with Crippen LogP contribution in [-0.2, 0) is 0 Å². The molecule has 3 N–H and O–H groups in total. The number of aryl methyl sites for hydroxylation is 1. The van der Waals surface area contributed by atoms with Crippen LogP contribution in [-0.4, -0.2) is 30.1 Å². The number of hydrogen-bond acceptors (Lipinski definition) is 3. The zero-order valence-corrected chi connectivity index (χ0v) is 9.99. The van der Waals surface area contributed by atoms with Gasteiger partial charge < -0.3 is 15.7 Å². The fourth-order valence-corrected chi connectivity index (χ4v) is 2.14. The predicted molar refractivity (Wildman–Crippen MR) is 66.2 cm³/mol. The van der Waals surface area contributed by atoms with Crippen LogP contribution in [0.1, 0.15) is 28.8 Å². The van der Waals surface area contributed by atoms with Crippen LogP contribution in [0.25, 0.3) is 0 Å². The molecule has 0 radical (unpaired) electrons. The van der Waals surface area contributed by atoms with Crippen molar-refractivity contribution < 1.29 is 9.90 Å². The Morgan fingerprint density at radius 2 is 2.41 bits per heavy atom. The summed E-state index contributed by atoms with van der Waals surface area (Å²) in [6.45, 7) is 3.53. The Morgan fingerprint density at radius 3 is 3.06 bits per heavy atom. The summed E-state index contributed by atoms with van der Waals surface area (Å²) in [5.74, 6) is 0.118. The van der Waals surface area contributed by atoms with Crippen LogP contribution in [0, 0.1) is 6.92 Å². The summed E-state index contributed by atoms with van der Waals surface area (Å²) in [5, 5.41) is 15.5. The summed E-state index contributed by atoms with van der Waals surface area (Å²) < 4.78 is 0. The van der Waals surface area contributed by atoms with Gasteiger partial charge in [-0.1, -0.05) is 0 Å². The summed E-state index contributed by atoms with van der Waals surface area (Å²) in [6.07, 6.45) is 2.30. The molecule has 0 aromatic heterocycles. The number of nitrogens with one attached hydrogen (secondary N) is 2. The van der Waals surface area contributed by atoms with Gasteiger partial charge in [0.1, 0.15) is 5.75 Å². The van der Waals surface area contributed by atoms with Gasteiger partial charge in [-0.25, -0.2) is 0 Å². The minimum atomic E-state index is -0.0730. The van der Waals surface area contributed by atoms with Crippen molar-refractivity contribution in [2.75, 3.05) is 13.1 Å². The molecular weight excluding hydrogens is 216 g/mol. The molecule has 1 aliphatic heterocycles. The van der Waals surface area contributed by atoms with Crippen LogP contribution in [0.3, 0.4) is 0 Å². The average molecular weight is 234 g/mol. The molecule has 1 aromatic rings. The smallest absolute Gasteiger partial charge is 0.251 e. The monoisotopic (exact) mass is 234 g/mol. The third kappa shape index (κ3) is 2.97. The molecule has 0 bridgehead atoms. The molecule has 1 aromatic carbocycles. The first-order chi connectivity index (χ1) is 8.16. The zero-order chi connectivity index (χ0) is 12.3. The normalized spacial score (nSPS) is 19.2. The molecule has 1 unspecified atom stereocenters. The summed E-state index contributed by atoms with van der Waals surface area (Å²) >= 11 is 0. The van der Waals surface area contributed by atoms with Crippen LogP contribution < -0.4 is 10.6 Å². The number of hydrogen-bond donors (Lipinski definition) is 3. The number of benzene rings is 1. The molecule has 0 spiro atoms. The van der Waals surface area contributed by atoms with E-state index in [1.54, 1.807) is 12.1 Å². The second-order valence-corrected chi connectivity index (χ2v) is 4.50. The lowest BCUT2D eigenvalue weighted by Crippen LogP contribution is -2.37. The standard InChI is InChI=1S/C13H18N2O2/c1-9-7-11(16)4-5-12(9)13(17)15-8-10-3-2-6-14-10/h4-5,7,10,14,16H,2-3,6,8H2,1H3,(H,15,17). The molecule has 1 aliphatic rings. The van der Waals surface area contributed by atoms with Gasteiger partial charge in [-0.3, -0.25) is 4.79 Å². The van der Waals surface area contributed by atoms with Crippen molar-refractivity contribution in [3.63, 3.8) is 0 Å². The van der Waals surface area contributed by atoms with Crippen LogP contribution in [0.15, 0.2) is 18.2 Å². The topological polar surface area (TPSA) is 61.4 Å². The highest BCUT2D eigenvalue weighted by Gasteiger charge is 2.16. The lowest BCUT2D eigenvalue weighted by molar-refractivity contribution is 0.0949. The third-order valence-electron chi connectivity index (χ3n) is 3.13. The molecule has 1 heterocycles. The molecule has 17 heavy (non-hydrogen) atoms. The first-order valence-electron chi connectivity index (χ1n) is 5.98. The Balaban J connectivity index is 1.94. The van der Waals surface area contributed by atoms with Gasteiger partial charge in [0.05, 0.1) is 0 Å². The van der Waals surface area contributed by atoms with E-state index < -0.39 is 0 Å². The van der Waals surface area contributed by atoms with Gasteiger partial charge in [0.15, 0.2) is 0 Å². The number of rotatable bonds is 3. The molecule has 0 aliphatic carbocycles. The first-order valence-corrected chi connectivity index (χ1v) is 5.98. The third-order valence-corrected chi connectivity index (χ3v) is 3.13. The van der Waals surface area contributed by atoms with Gasteiger partial charge >= 0.3 is 0 Å². The second-order valence-electron chi connectivity index (χ2n) is 4.50. The minimum Gasteiger partial charge on any atom is -0.508 e. The highest BCUT2D eigenvalue weighted by atomic mass is 16.3. The lowest BCUT2D eigenvalue weighted by Gasteiger charge is -2.12. The minimum absolute atomic E-state index is 0.0730. The number of phenolic OH excluding ortho intramolecular Hbond substituents is 1. The number of carbonyl (C=O) groups is 1. The van der Waals surface area contributed by atoms with E-state index in [0.29, 0.717) is 18.2 Å². The lowest BCUT2D eigenvalue weighted by atomic mass is 10.1. The Labute approximate surface area is 101 Å². The number of amides is 1. The van der Waals surface area contributed by atoms with Crippen LogP contribution in [0.2, 0.25) is 0 Å². The van der Waals surface area contributed by atoms with Crippen LogP contribution >= 0.6 is 0 Å². The van der Waals surface area contributed by atoms with Crippen LogP contribution in [0.5, 0.6) is 5.75 Å². The molecule has 1 saturated heterocycles. The van der Waals surface area contributed by atoms with E-state index in [-0.39, 0.29) is 11.7 Å². The molecular formula is C13H18N2O2. The maximum atomic E-state index is 11.9. The Morgan fingerprint density at radius 1 is 1.59 bits per heavy atom.